The van der Waals surface area contributed by atoms with Crippen molar-refractivity contribution in [3.63, 3.8) is 0 Å². The Morgan fingerprint density at radius 2 is 1.50 bits per heavy atom. The Morgan fingerprint density at radius 3 is 2.10 bits per heavy atom. The average molecular weight is 814 g/mol. The number of rotatable bonds is 20. The van der Waals surface area contributed by atoms with Gasteiger partial charge in [-0.15, -0.1) is 0 Å². The highest BCUT2D eigenvalue weighted by Gasteiger charge is 2.46. The molecule has 1 fully saturated rings. The van der Waals surface area contributed by atoms with E-state index in [1.54, 1.807) is 34.6 Å². The summed E-state index contributed by atoms with van der Waals surface area (Å²) in [6.45, 7) is 8.25. The number of Topliss-reactive ketones (excluding diaryl/α,β-unsaturated/α-hetero) is 1. The summed E-state index contributed by atoms with van der Waals surface area (Å²) < 4.78 is 5.88. The van der Waals surface area contributed by atoms with Gasteiger partial charge in [-0.3, -0.25) is 38.4 Å². The van der Waals surface area contributed by atoms with Crippen LogP contribution in [0.2, 0.25) is 0 Å². The molecule has 1 aromatic carbocycles. The number of nitrogens with one attached hydrogen (secondary N) is 5. The molecule has 18 heteroatoms. The van der Waals surface area contributed by atoms with Gasteiger partial charge in [0, 0.05) is 39.4 Å². The number of carboxylic acids is 1. The number of carboxylic acid groups (broad SMARTS) is 1. The highest BCUT2D eigenvalue weighted by atomic mass is 16.6. The van der Waals surface area contributed by atoms with Crippen molar-refractivity contribution in [1.82, 2.24) is 36.4 Å². The molecule has 5 atom stereocenters. The summed E-state index contributed by atoms with van der Waals surface area (Å²) in [5.74, 6) is -7.19. The van der Waals surface area contributed by atoms with Gasteiger partial charge in [-0.2, -0.15) is 0 Å². The van der Waals surface area contributed by atoms with Crippen LogP contribution in [0.4, 0.5) is 4.79 Å². The fourth-order valence-electron chi connectivity index (χ4n) is 6.88. The normalized spacial score (nSPS) is 17.7. The predicted molar refractivity (Wildman–Crippen MR) is 210 cm³/mol. The first-order valence-electron chi connectivity index (χ1n) is 19.9. The Bertz CT molecular complexity index is 1680. The number of amides is 7. The fourth-order valence-corrected chi connectivity index (χ4v) is 6.88. The van der Waals surface area contributed by atoms with Crippen molar-refractivity contribution in [3.8, 4) is 0 Å². The van der Waals surface area contributed by atoms with Crippen LogP contribution in [-0.2, 0) is 56.1 Å². The van der Waals surface area contributed by atoms with Gasteiger partial charge in [-0.05, 0) is 48.6 Å². The molecule has 2 aliphatic heterocycles. The number of likely N-dealkylation sites (tertiary alicyclic amines) is 1. The number of carbonyl (C=O) groups excluding carboxylic acids is 8. The molecule has 0 saturated carbocycles. The first-order valence-corrected chi connectivity index (χ1v) is 19.9. The molecule has 58 heavy (non-hydrogen) atoms. The van der Waals surface area contributed by atoms with Crippen molar-refractivity contribution >= 4 is 53.3 Å². The van der Waals surface area contributed by atoms with Gasteiger partial charge in [-0.25, -0.2) is 4.79 Å². The molecule has 0 spiro atoms. The minimum absolute atomic E-state index is 0.0294. The molecule has 320 valence electrons. The van der Waals surface area contributed by atoms with E-state index < -0.39 is 90.1 Å². The molecule has 1 saturated heterocycles. The lowest BCUT2D eigenvalue weighted by molar-refractivity contribution is -0.145. The molecular weight excluding hydrogens is 754 g/mol. The van der Waals surface area contributed by atoms with Crippen molar-refractivity contribution < 1.29 is 53.0 Å². The lowest BCUT2D eigenvalue weighted by atomic mass is 9.98. The third-order valence-electron chi connectivity index (χ3n) is 10.2. The summed E-state index contributed by atoms with van der Waals surface area (Å²) in [5.41, 5.74) is 2.09. The van der Waals surface area contributed by atoms with E-state index in [0.29, 0.717) is 38.8 Å². The van der Waals surface area contributed by atoms with E-state index in [-0.39, 0.29) is 44.1 Å². The number of hydrogen-bond donors (Lipinski definition) is 6. The van der Waals surface area contributed by atoms with Crippen LogP contribution in [0.25, 0.3) is 0 Å². The van der Waals surface area contributed by atoms with E-state index in [1.165, 1.54) is 16.8 Å². The number of benzene rings is 1. The van der Waals surface area contributed by atoms with E-state index >= 15 is 0 Å². The van der Waals surface area contributed by atoms with E-state index in [1.807, 2.05) is 29.6 Å². The number of ketones is 1. The number of ether oxygens (including phenoxy) is 1. The Balaban J connectivity index is 1.83. The minimum Gasteiger partial charge on any atom is -0.480 e. The summed E-state index contributed by atoms with van der Waals surface area (Å²) in [6, 6.07) is 2.86. The highest BCUT2D eigenvalue weighted by Crippen LogP contribution is 2.26. The number of aliphatic carboxylic acids is 1. The summed E-state index contributed by atoms with van der Waals surface area (Å²) in [4.78, 5) is 119. The highest BCUT2D eigenvalue weighted by molar-refractivity contribution is 6.38. The van der Waals surface area contributed by atoms with Gasteiger partial charge in [0.1, 0.15) is 30.8 Å². The number of carbonyl (C=O) groups is 9. The van der Waals surface area contributed by atoms with Crippen molar-refractivity contribution in [2.45, 2.75) is 123 Å². The maximum atomic E-state index is 14.5. The lowest BCUT2D eigenvalue weighted by Gasteiger charge is -2.32. The molecule has 7 amide bonds. The molecular formula is C40H59N7O11. The number of fused-ring (bicyclic) bond motifs is 1. The van der Waals surface area contributed by atoms with E-state index in [2.05, 4.69) is 21.3 Å². The second kappa shape index (κ2) is 22.4. The molecule has 2 unspecified atom stereocenters. The second-order valence-electron chi connectivity index (χ2n) is 15.4. The molecule has 2 heterocycles. The third-order valence-corrected chi connectivity index (χ3v) is 10.2. The maximum absolute atomic E-state index is 14.5. The SMILES string of the molecule is CCCC(NC(=O)C1C[C@@H](OC(=O)N2CCc3ccccc3C2)CN1C(=O)[C@@H](NC(=O)[C@H](NC(=O)CCCCC(=O)NC)C(C)C)C(C)C)C(=O)C(=O)NCC(=O)O. The largest absolute Gasteiger partial charge is 0.480 e. The quantitative estimate of drug-likeness (QED) is 0.0794. The molecule has 0 radical (unpaired) electrons. The molecule has 0 aliphatic carbocycles. The van der Waals surface area contributed by atoms with Crippen LogP contribution < -0.4 is 26.6 Å². The van der Waals surface area contributed by atoms with Gasteiger partial charge in [-0.1, -0.05) is 65.3 Å². The number of nitrogens with zero attached hydrogens (tertiary/aromatic N) is 2. The standard InChI is InChI=1S/C40H59N7O11/c1-7-12-28(35(52)38(55)42-20-32(50)51)43-36(53)29-19-27(58-40(57)46-18-17-25-13-8-9-14-26(25)21-46)22-47(29)39(56)34(24(4)5)45-37(54)33(23(2)3)44-31(49)16-11-10-15-30(48)41-6/h8-9,13-14,23-24,27-29,33-34H,7,10-12,15-22H2,1-6H3,(H,41,48)(H,42,55)(H,43,53)(H,44,49)(H,45,54)(H,50,51)/t27-,28?,29?,33-,34+/m1/s1. The average Bonchev–Trinajstić information content (AvgIpc) is 3.62. The van der Waals surface area contributed by atoms with Gasteiger partial charge >= 0.3 is 12.1 Å². The van der Waals surface area contributed by atoms with Gasteiger partial charge in [0.05, 0.1) is 12.6 Å². The van der Waals surface area contributed by atoms with Crippen molar-refractivity contribution in [2.24, 2.45) is 11.8 Å². The van der Waals surface area contributed by atoms with Crippen LogP contribution in [0.15, 0.2) is 24.3 Å². The Kier molecular flexibility index (Phi) is 18.1. The summed E-state index contributed by atoms with van der Waals surface area (Å²) >= 11 is 0. The molecule has 1 aromatic rings. The Hall–Kier alpha value is -5.55. The van der Waals surface area contributed by atoms with Crippen LogP contribution in [0.3, 0.4) is 0 Å². The lowest BCUT2D eigenvalue weighted by Crippen LogP contribution is -2.59. The molecule has 0 bridgehead atoms. The number of hydrogen-bond acceptors (Lipinski definition) is 10. The van der Waals surface area contributed by atoms with E-state index in [9.17, 15) is 43.2 Å². The summed E-state index contributed by atoms with van der Waals surface area (Å²) in [5, 5.41) is 21.5. The maximum Gasteiger partial charge on any atom is 0.410 e. The zero-order valence-electron chi connectivity index (χ0n) is 34.3. The van der Waals surface area contributed by atoms with Gasteiger partial charge in [0.15, 0.2) is 0 Å². The van der Waals surface area contributed by atoms with E-state index in [4.69, 9.17) is 9.84 Å². The third kappa shape index (κ3) is 13.5. The van der Waals surface area contributed by atoms with Gasteiger partial charge in [0.2, 0.25) is 35.3 Å². The van der Waals surface area contributed by atoms with Crippen molar-refractivity contribution in [1.29, 1.82) is 0 Å². The summed E-state index contributed by atoms with van der Waals surface area (Å²) in [6.07, 6.45) is 0.492. The Morgan fingerprint density at radius 1 is 0.862 bits per heavy atom. The molecule has 18 nitrogen and oxygen atoms in total. The topological polar surface area (TPSA) is 250 Å². The Labute approximate surface area is 338 Å². The molecule has 6 N–H and O–H groups in total. The molecule has 2 aliphatic rings. The zero-order chi connectivity index (χ0) is 43.1. The predicted octanol–water partition coefficient (Wildman–Crippen LogP) is 0.794. The van der Waals surface area contributed by atoms with Crippen LogP contribution in [0.1, 0.15) is 90.7 Å². The molecule has 0 aromatic heterocycles. The van der Waals surface area contributed by atoms with Crippen LogP contribution in [0, 0.1) is 11.8 Å². The monoisotopic (exact) mass is 813 g/mol. The summed E-state index contributed by atoms with van der Waals surface area (Å²) in [7, 11) is 1.53. The first kappa shape index (κ1) is 46.8. The van der Waals surface area contributed by atoms with Crippen LogP contribution >= 0.6 is 0 Å². The van der Waals surface area contributed by atoms with Crippen LogP contribution in [-0.4, -0.2) is 125 Å². The second-order valence-corrected chi connectivity index (χ2v) is 15.4. The van der Waals surface area contributed by atoms with E-state index in [0.717, 1.165) is 11.1 Å². The van der Waals surface area contributed by atoms with Gasteiger partial charge in [0.25, 0.3) is 5.91 Å². The fraction of sp³-hybridized carbons (Fsp3) is 0.625. The van der Waals surface area contributed by atoms with Crippen LogP contribution in [0.5, 0.6) is 0 Å². The first-order chi connectivity index (χ1) is 27.5. The zero-order valence-corrected chi connectivity index (χ0v) is 34.3. The van der Waals surface area contributed by atoms with Gasteiger partial charge < -0.3 is 46.2 Å². The smallest absolute Gasteiger partial charge is 0.410 e. The van der Waals surface area contributed by atoms with Crippen molar-refractivity contribution in [2.75, 3.05) is 26.7 Å². The molecule has 3 rings (SSSR count). The van der Waals surface area contributed by atoms with Crippen molar-refractivity contribution in [3.05, 3.63) is 35.4 Å². The number of unbranched alkanes of at least 4 members (excludes halogenated alkanes) is 1. The minimum atomic E-state index is -1.37.